The topological polar surface area (TPSA) is 38.0 Å². The zero-order valence-electron chi connectivity index (χ0n) is 10.5. The molecule has 0 aromatic heterocycles. The summed E-state index contributed by atoms with van der Waals surface area (Å²) in [5.74, 6) is -0.411. The number of aryl methyl sites for hydroxylation is 1. The molecule has 0 aliphatic rings. The van der Waals surface area contributed by atoms with Crippen molar-refractivity contribution in [1.29, 1.82) is 0 Å². The smallest absolute Gasteiger partial charge is 0.125 e. The van der Waals surface area contributed by atoms with E-state index < -0.39 is 5.82 Å². The van der Waals surface area contributed by atoms with Crippen molar-refractivity contribution in [2.75, 3.05) is 5.32 Å². The third-order valence-corrected chi connectivity index (χ3v) is 3.85. The van der Waals surface area contributed by atoms with Crippen LogP contribution in [0, 0.1) is 12.7 Å². The molecule has 0 saturated carbocycles. The van der Waals surface area contributed by atoms with Crippen molar-refractivity contribution in [3.05, 3.63) is 56.8 Å². The van der Waals surface area contributed by atoms with E-state index >= 15 is 0 Å². The van der Waals surface area contributed by atoms with Crippen LogP contribution in [0.5, 0.6) is 0 Å². The van der Waals surface area contributed by atoms with E-state index in [1.807, 2.05) is 25.1 Å². The maximum absolute atomic E-state index is 13.2. The molecule has 2 aromatic rings. The van der Waals surface area contributed by atoms with Crippen LogP contribution in [0.1, 0.15) is 11.1 Å². The zero-order chi connectivity index (χ0) is 14.9. The lowest BCUT2D eigenvalue weighted by molar-refractivity contribution is 0.627. The van der Waals surface area contributed by atoms with E-state index in [1.54, 1.807) is 0 Å². The van der Waals surface area contributed by atoms with Gasteiger partial charge in [-0.2, -0.15) is 0 Å². The predicted molar refractivity (Wildman–Crippen MR) is 89.5 cm³/mol. The summed E-state index contributed by atoms with van der Waals surface area (Å²) >= 11 is 14.4. The molecule has 20 heavy (non-hydrogen) atoms. The highest BCUT2D eigenvalue weighted by Crippen LogP contribution is 2.35. The molecular weight excluding hydrogens is 363 g/mol. The molecule has 104 valence electrons. The fourth-order valence-corrected chi connectivity index (χ4v) is 2.85. The summed E-state index contributed by atoms with van der Waals surface area (Å²) in [5.41, 5.74) is 8.75. The number of hydrogen-bond donors (Lipinski definition) is 2. The molecule has 0 radical (unpaired) electrons. The standard InChI is InChI=1S/C14H11BrClFN2S/c1-7-2-3-9(14(18)20)12(4-7)19-13-10(15)5-8(17)6-11(13)16/h2-6,19H,1H3,(H2,18,20). The minimum Gasteiger partial charge on any atom is -0.389 e. The van der Waals surface area contributed by atoms with E-state index in [-0.39, 0.29) is 10.0 Å². The summed E-state index contributed by atoms with van der Waals surface area (Å²) in [4.78, 5) is 0.279. The van der Waals surface area contributed by atoms with Gasteiger partial charge in [0, 0.05) is 15.7 Å². The Balaban J connectivity index is 2.50. The van der Waals surface area contributed by atoms with Crippen LogP contribution in [0.4, 0.5) is 15.8 Å². The Morgan fingerprint density at radius 3 is 2.65 bits per heavy atom. The van der Waals surface area contributed by atoms with Crippen LogP contribution in [0.25, 0.3) is 0 Å². The highest BCUT2D eigenvalue weighted by atomic mass is 79.9. The number of halogens is 3. The van der Waals surface area contributed by atoms with E-state index in [0.717, 1.165) is 11.3 Å². The van der Waals surface area contributed by atoms with Crippen LogP contribution in [-0.2, 0) is 0 Å². The molecule has 0 saturated heterocycles. The molecule has 0 bridgehead atoms. The molecule has 2 aromatic carbocycles. The number of nitrogens with two attached hydrogens (primary N) is 1. The van der Waals surface area contributed by atoms with Crippen molar-refractivity contribution in [3.63, 3.8) is 0 Å². The molecule has 0 heterocycles. The largest absolute Gasteiger partial charge is 0.389 e. The molecule has 6 heteroatoms. The first-order valence-corrected chi connectivity index (χ1v) is 7.28. The van der Waals surface area contributed by atoms with Crippen LogP contribution in [0.2, 0.25) is 5.02 Å². The molecule has 2 rings (SSSR count). The van der Waals surface area contributed by atoms with Gasteiger partial charge in [-0.05, 0) is 52.7 Å². The lowest BCUT2D eigenvalue weighted by Gasteiger charge is -2.15. The second-order valence-electron chi connectivity index (χ2n) is 4.28. The van der Waals surface area contributed by atoms with Gasteiger partial charge in [0.05, 0.1) is 10.7 Å². The normalized spacial score (nSPS) is 10.4. The highest BCUT2D eigenvalue weighted by molar-refractivity contribution is 9.10. The van der Waals surface area contributed by atoms with Crippen molar-refractivity contribution in [2.24, 2.45) is 5.73 Å². The quantitative estimate of drug-likeness (QED) is 0.749. The van der Waals surface area contributed by atoms with Crippen molar-refractivity contribution in [3.8, 4) is 0 Å². The number of anilines is 2. The van der Waals surface area contributed by atoms with Gasteiger partial charge in [0.1, 0.15) is 10.8 Å². The molecular formula is C14H11BrClFN2S. The second-order valence-corrected chi connectivity index (χ2v) is 5.98. The Morgan fingerprint density at radius 2 is 2.05 bits per heavy atom. The van der Waals surface area contributed by atoms with Gasteiger partial charge in [-0.1, -0.05) is 29.9 Å². The lowest BCUT2D eigenvalue weighted by atomic mass is 10.1. The first-order valence-electron chi connectivity index (χ1n) is 5.70. The first kappa shape index (κ1) is 15.2. The average Bonchev–Trinajstić information content (AvgIpc) is 2.33. The summed E-state index contributed by atoms with van der Waals surface area (Å²) < 4.78 is 13.8. The Morgan fingerprint density at radius 1 is 1.35 bits per heavy atom. The second kappa shape index (κ2) is 6.08. The van der Waals surface area contributed by atoms with Crippen LogP contribution < -0.4 is 11.1 Å². The minimum absolute atomic E-state index is 0.271. The van der Waals surface area contributed by atoms with Crippen LogP contribution in [0.15, 0.2) is 34.8 Å². The predicted octanol–water partition coefficient (Wildman–Crippen LogP) is 4.93. The van der Waals surface area contributed by atoms with Crippen LogP contribution >= 0.6 is 39.7 Å². The van der Waals surface area contributed by atoms with Crippen molar-refractivity contribution in [1.82, 2.24) is 0 Å². The Bertz CT molecular complexity index is 668. The summed E-state index contributed by atoms with van der Waals surface area (Å²) in [6.07, 6.45) is 0. The van der Waals surface area contributed by atoms with Gasteiger partial charge in [-0.25, -0.2) is 4.39 Å². The van der Waals surface area contributed by atoms with E-state index in [4.69, 9.17) is 29.6 Å². The molecule has 0 amide bonds. The van der Waals surface area contributed by atoms with E-state index in [9.17, 15) is 4.39 Å². The Hall–Kier alpha value is -1.17. The Labute approximate surface area is 135 Å². The third kappa shape index (κ3) is 3.29. The summed E-state index contributed by atoms with van der Waals surface area (Å²) in [5, 5.41) is 3.42. The monoisotopic (exact) mass is 372 g/mol. The summed E-state index contributed by atoms with van der Waals surface area (Å²) in [6.45, 7) is 1.95. The maximum atomic E-state index is 13.2. The number of rotatable bonds is 3. The fraction of sp³-hybridized carbons (Fsp3) is 0.0714. The number of hydrogen-bond acceptors (Lipinski definition) is 2. The van der Waals surface area contributed by atoms with E-state index in [2.05, 4.69) is 21.2 Å². The molecule has 0 spiro atoms. The molecule has 0 unspecified atom stereocenters. The van der Waals surface area contributed by atoms with Gasteiger partial charge in [0.2, 0.25) is 0 Å². The van der Waals surface area contributed by atoms with Crippen molar-refractivity contribution < 1.29 is 4.39 Å². The Kier molecular flexibility index (Phi) is 4.62. The fourth-order valence-electron chi connectivity index (χ4n) is 1.77. The number of thiocarbonyl (C=S) groups is 1. The summed E-state index contributed by atoms with van der Waals surface area (Å²) in [6, 6.07) is 8.24. The third-order valence-electron chi connectivity index (χ3n) is 2.71. The van der Waals surface area contributed by atoms with Crippen molar-refractivity contribution in [2.45, 2.75) is 6.92 Å². The number of benzene rings is 2. The first-order chi connectivity index (χ1) is 9.38. The molecule has 2 nitrogen and oxygen atoms in total. The minimum atomic E-state index is -0.411. The van der Waals surface area contributed by atoms with Gasteiger partial charge < -0.3 is 11.1 Å². The lowest BCUT2D eigenvalue weighted by Crippen LogP contribution is -2.12. The molecule has 0 aliphatic heterocycles. The molecule has 0 aliphatic carbocycles. The van der Waals surface area contributed by atoms with Crippen LogP contribution in [0.3, 0.4) is 0 Å². The molecule has 0 atom stereocenters. The van der Waals surface area contributed by atoms with Gasteiger partial charge in [-0.3, -0.25) is 0 Å². The number of nitrogens with one attached hydrogen (secondary N) is 1. The van der Waals surface area contributed by atoms with E-state index in [1.165, 1.54) is 12.1 Å². The maximum Gasteiger partial charge on any atom is 0.125 e. The van der Waals surface area contributed by atoms with Gasteiger partial charge in [-0.15, -0.1) is 0 Å². The van der Waals surface area contributed by atoms with Gasteiger partial charge >= 0.3 is 0 Å². The van der Waals surface area contributed by atoms with Gasteiger partial charge in [0.15, 0.2) is 0 Å². The zero-order valence-corrected chi connectivity index (χ0v) is 13.7. The SMILES string of the molecule is Cc1ccc(C(N)=S)c(Nc2c(Cl)cc(F)cc2Br)c1. The average molecular weight is 374 g/mol. The summed E-state index contributed by atoms with van der Waals surface area (Å²) in [7, 11) is 0. The molecule has 3 N–H and O–H groups in total. The van der Waals surface area contributed by atoms with Crippen LogP contribution in [-0.4, -0.2) is 4.99 Å². The van der Waals surface area contributed by atoms with Gasteiger partial charge in [0.25, 0.3) is 0 Å². The highest BCUT2D eigenvalue weighted by Gasteiger charge is 2.12. The van der Waals surface area contributed by atoms with E-state index in [0.29, 0.717) is 15.7 Å². The van der Waals surface area contributed by atoms with Crippen molar-refractivity contribution >= 4 is 56.1 Å². The molecule has 0 fully saturated rings.